The van der Waals surface area contributed by atoms with Gasteiger partial charge in [-0.05, 0) is 72.4 Å². The summed E-state index contributed by atoms with van der Waals surface area (Å²) in [5.74, 6) is -0.511. The zero-order valence-corrected chi connectivity index (χ0v) is 21.9. The number of anilines is 3. The van der Waals surface area contributed by atoms with Crippen LogP contribution in [-0.4, -0.2) is 35.7 Å². The van der Waals surface area contributed by atoms with Crippen molar-refractivity contribution >= 4 is 52.5 Å². The van der Waals surface area contributed by atoms with Crippen molar-refractivity contribution in [3.63, 3.8) is 0 Å². The van der Waals surface area contributed by atoms with Gasteiger partial charge in [-0.1, -0.05) is 48.0 Å². The number of hydrogen-bond acceptors (Lipinski definition) is 4. The monoisotopic (exact) mass is 530 g/mol. The molecule has 8 heteroatoms. The van der Waals surface area contributed by atoms with Crippen LogP contribution in [0.3, 0.4) is 0 Å². The van der Waals surface area contributed by atoms with Crippen LogP contribution in [0.1, 0.15) is 36.8 Å². The van der Waals surface area contributed by atoms with Gasteiger partial charge >= 0.3 is 0 Å². The topological polar surface area (TPSA) is 105 Å². The van der Waals surface area contributed by atoms with Gasteiger partial charge in [0, 0.05) is 36.8 Å². The van der Waals surface area contributed by atoms with Gasteiger partial charge in [-0.2, -0.15) is 0 Å². The van der Waals surface area contributed by atoms with E-state index in [2.05, 4.69) is 10.6 Å². The summed E-state index contributed by atoms with van der Waals surface area (Å²) in [7, 11) is 0. The molecule has 0 spiro atoms. The smallest absolute Gasteiger partial charge is 0.248 e. The molecule has 3 amide bonds. The van der Waals surface area contributed by atoms with Gasteiger partial charge in [0.25, 0.3) is 0 Å². The molecular weight excluding hydrogens is 500 g/mol. The maximum Gasteiger partial charge on any atom is 0.248 e. The van der Waals surface area contributed by atoms with E-state index in [4.69, 9.17) is 17.3 Å². The highest BCUT2D eigenvalue weighted by molar-refractivity contribution is 6.30. The standard InChI is InChI=1S/C30H31ClN4O3/c1-20(36)35-17-16-22(19-35)18-26(30(38)33-25-13-11-24(31)12-14-25)23-9-6-21(7-10-23)8-15-29(37)34-28-5-3-2-4-27(28)32/h2-15,22,26H,16-19,32H2,1H3,(H,33,38)(H,34,37). The lowest BCUT2D eigenvalue weighted by atomic mass is 9.87. The summed E-state index contributed by atoms with van der Waals surface area (Å²) >= 11 is 5.99. The van der Waals surface area contributed by atoms with Crippen LogP contribution in [0.15, 0.2) is 78.9 Å². The Balaban J connectivity index is 1.47. The summed E-state index contributed by atoms with van der Waals surface area (Å²) in [4.78, 5) is 39.4. The fourth-order valence-electron chi connectivity index (χ4n) is 4.60. The molecule has 0 aromatic heterocycles. The Morgan fingerprint density at radius 2 is 1.74 bits per heavy atom. The van der Waals surface area contributed by atoms with E-state index in [1.807, 2.05) is 29.2 Å². The van der Waals surface area contributed by atoms with Gasteiger partial charge in [0.15, 0.2) is 0 Å². The fraction of sp³-hybridized carbons (Fsp3) is 0.233. The van der Waals surface area contributed by atoms with E-state index in [9.17, 15) is 14.4 Å². The molecule has 38 heavy (non-hydrogen) atoms. The maximum absolute atomic E-state index is 13.4. The van der Waals surface area contributed by atoms with Gasteiger partial charge in [-0.3, -0.25) is 14.4 Å². The number of para-hydroxylation sites is 2. The van der Waals surface area contributed by atoms with E-state index >= 15 is 0 Å². The van der Waals surface area contributed by atoms with Crippen molar-refractivity contribution < 1.29 is 14.4 Å². The van der Waals surface area contributed by atoms with Crippen LogP contribution in [0.2, 0.25) is 5.02 Å². The molecule has 0 aliphatic carbocycles. The van der Waals surface area contributed by atoms with Crippen LogP contribution in [0.4, 0.5) is 17.1 Å². The van der Waals surface area contributed by atoms with Crippen LogP contribution in [0.5, 0.6) is 0 Å². The predicted molar refractivity (Wildman–Crippen MR) is 153 cm³/mol. The molecule has 3 aromatic carbocycles. The fourth-order valence-corrected chi connectivity index (χ4v) is 4.72. The lowest BCUT2D eigenvalue weighted by Crippen LogP contribution is -2.27. The highest BCUT2D eigenvalue weighted by atomic mass is 35.5. The van der Waals surface area contributed by atoms with Crippen LogP contribution in [0, 0.1) is 5.92 Å². The highest BCUT2D eigenvalue weighted by Crippen LogP contribution is 2.31. The van der Waals surface area contributed by atoms with Crippen molar-refractivity contribution in [1.82, 2.24) is 4.90 Å². The zero-order valence-electron chi connectivity index (χ0n) is 21.2. The molecule has 1 fully saturated rings. The summed E-state index contributed by atoms with van der Waals surface area (Å²) in [6.07, 6.45) is 4.65. The van der Waals surface area contributed by atoms with Gasteiger partial charge in [0.05, 0.1) is 17.3 Å². The molecule has 0 bridgehead atoms. The number of benzene rings is 3. The van der Waals surface area contributed by atoms with E-state index in [0.717, 1.165) is 17.5 Å². The van der Waals surface area contributed by atoms with Crippen LogP contribution in [0.25, 0.3) is 6.08 Å². The SMILES string of the molecule is CC(=O)N1CCC(CC(C(=O)Nc2ccc(Cl)cc2)c2ccc(C=CC(=O)Nc3ccccc3N)cc2)C1. The Bertz CT molecular complexity index is 1320. The van der Waals surface area contributed by atoms with Gasteiger partial charge < -0.3 is 21.3 Å². The number of rotatable bonds is 8. The van der Waals surface area contributed by atoms with Crippen LogP contribution >= 0.6 is 11.6 Å². The molecule has 0 radical (unpaired) electrons. The molecule has 0 saturated carbocycles. The second kappa shape index (κ2) is 12.4. The van der Waals surface area contributed by atoms with Crippen molar-refractivity contribution in [2.75, 3.05) is 29.5 Å². The Hall–Kier alpha value is -4.10. The second-order valence-electron chi connectivity index (χ2n) is 9.48. The van der Waals surface area contributed by atoms with Gasteiger partial charge in [0.1, 0.15) is 0 Å². The van der Waals surface area contributed by atoms with Gasteiger partial charge in [0.2, 0.25) is 17.7 Å². The molecule has 4 N–H and O–H groups in total. The molecular formula is C30H31ClN4O3. The lowest BCUT2D eigenvalue weighted by Gasteiger charge is -2.21. The van der Waals surface area contributed by atoms with E-state index in [0.29, 0.717) is 41.6 Å². The molecule has 2 unspecified atom stereocenters. The highest BCUT2D eigenvalue weighted by Gasteiger charge is 2.30. The molecule has 1 aliphatic rings. The van der Waals surface area contributed by atoms with Gasteiger partial charge in [-0.15, -0.1) is 0 Å². The second-order valence-corrected chi connectivity index (χ2v) is 9.92. The van der Waals surface area contributed by atoms with Crippen LogP contribution < -0.4 is 16.4 Å². The van der Waals surface area contributed by atoms with E-state index in [-0.39, 0.29) is 23.6 Å². The number of carbonyl (C=O) groups excluding carboxylic acids is 3. The Kier molecular flexibility index (Phi) is 8.81. The number of amides is 3. The number of nitrogens with two attached hydrogens (primary N) is 1. The van der Waals surface area contributed by atoms with Crippen molar-refractivity contribution in [1.29, 1.82) is 0 Å². The summed E-state index contributed by atoms with van der Waals surface area (Å²) in [5.41, 5.74) is 9.31. The minimum Gasteiger partial charge on any atom is -0.397 e. The molecule has 2 atom stereocenters. The summed E-state index contributed by atoms with van der Waals surface area (Å²) in [5, 5.41) is 6.36. The average molecular weight is 531 g/mol. The third-order valence-corrected chi connectivity index (χ3v) is 6.97. The molecule has 1 saturated heterocycles. The first kappa shape index (κ1) is 26.9. The number of halogens is 1. The molecule has 1 heterocycles. The first-order chi connectivity index (χ1) is 18.3. The minimum atomic E-state index is -0.398. The number of carbonyl (C=O) groups is 3. The summed E-state index contributed by atoms with van der Waals surface area (Å²) in [6.45, 7) is 2.95. The average Bonchev–Trinajstić information content (AvgIpc) is 3.38. The lowest BCUT2D eigenvalue weighted by molar-refractivity contribution is -0.127. The molecule has 7 nitrogen and oxygen atoms in total. The normalized spacial score (nSPS) is 15.8. The molecule has 3 aromatic rings. The molecule has 1 aliphatic heterocycles. The third-order valence-electron chi connectivity index (χ3n) is 6.71. The van der Waals surface area contributed by atoms with E-state index < -0.39 is 5.92 Å². The minimum absolute atomic E-state index is 0.0600. The van der Waals surface area contributed by atoms with Crippen molar-refractivity contribution in [3.8, 4) is 0 Å². The summed E-state index contributed by atoms with van der Waals surface area (Å²) in [6, 6.07) is 21.7. The Morgan fingerprint density at radius 3 is 2.39 bits per heavy atom. The maximum atomic E-state index is 13.4. The first-order valence-electron chi connectivity index (χ1n) is 12.5. The molecule has 196 valence electrons. The van der Waals surface area contributed by atoms with Crippen molar-refractivity contribution in [2.24, 2.45) is 5.92 Å². The zero-order chi connectivity index (χ0) is 27.1. The first-order valence-corrected chi connectivity index (χ1v) is 12.9. The number of hydrogen-bond donors (Lipinski definition) is 3. The predicted octanol–water partition coefficient (Wildman–Crippen LogP) is 5.55. The Labute approximate surface area is 227 Å². The summed E-state index contributed by atoms with van der Waals surface area (Å²) < 4.78 is 0. The number of nitrogens with zero attached hydrogens (tertiary/aromatic N) is 1. The van der Waals surface area contributed by atoms with Crippen LogP contribution in [-0.2, 0) is 14.4 Å². The van der Waals surface area contributed by atoms with Crippen molar-refractivity contribution in [3.05, 3.63) is 95.0 Å². The molecule has 4 rings (SSSR count). The quantitative estimate of drug-likeness (QED) is 0.262. The Morgan fingerprint density at radius 1 is 1.03 bits per heavy atom. The number of likely N-dealkylation sites (tertiary alicyclic amines) is 1. The third kappa shape index (κ3) is 7.23. The van der Waals surface area contributed by atoms with E-state index in [1.165, 1.54) is 6.08 Å². The van der Waals surface area contributed by atoms with E-state index in [1.54, 1.807) is 61.5 Å². The number of nitrogen functional groups attached to an aromatic ring is 1. The number of nitrogens with one attached hydrogen (secondary N) is 2. The van der Waals surface area contributed by atoms with Crippen molar-refractivity contribution in [2.45, 2.75) is 25.7 Å². The largest absolute Gasteiger partial charge is 0.397 e. The van der Waals surface area contributed by atoms with Gasteiger partial charge in [-0.25, -0.2) is 0 Å².